The van der Waals surface area contributed by atoms with E-state index < -0.39 is 5.79 Å². The second kappa shape index (κ2) is 11.6. The lowest BCUT2D eigenvalue weighted by atomic mass is 9.95. The molecule has 0 aromatic carbocycles. The largest absolute Gasteiger partial charge is 0.233 e. The van der Waals surface area contributed by atoms with E-state index in [4.69, 9.17) is 19.6 Å². The van der Waals surface area contributed by atoms with E-state index in [9.17, 15) is 0 Å². The lowest BCUT2D eigenvalue weighted by molar-refractivity contribution is -0.549. The fraction of sp³-hybridized carbons (Fsp3) is 1.00. The molecule has 0 aromatic heterocycles. The number of rotatable bonds is 15. The van der Waals surface area contributed by atoms with Gasteiger partial charge >= 0.3 is 0 Å². The molecule has 0 saturated heterocycles. The van der Waals surface area contributed by atoms with Crippen molar-refractivity contribution in [3.63, 3.8) is 0 Å². The van der Waals surface area contributed by atoms with Crippen molar-refractivity contribution in [1.29, 1.82) is 0 Å². The highest BCUT2D eigenvalue weighted by Gasteiger charge is 2.39. The molecule has 0 aliphatic rings. The summed E-state index contributed by atoms with van der Waals surface area (Å²) in [6.45, 7) is 21.0. The molecular formula is C22H46O4. The Morgan fingerprint density at radius 3 is 1.38 bits per heavy atom. The molecule has 0 aliphatic carbocycles. The molecule has 0 radical (unpaired) electrons. The summed E-state index contributed by atoms with van der Waals surface area (Å²) < 4.78 is 0. The second-order valence-corrected chi connectivity index (χ2v) is 9.28. The smallest absolute Gasteiger partial charge is 0.227 e. The van der Waals surface area contributed by atoms with E-state index in [0.29, 0.717) is 18.3 Å². The Kier molecular flexibility index (Phi) is 11.6. The van der Waals surface area contributed by atoms with Crippen LogP contribution in [0.15, 0.2) is 0 Å². The van der Waals surface area contributed by atoms with Gasteiger partial charge in [-0.3, -0.25) is 0 Å². The summed E-state index contributed by atoms with van der Waals surface area (Å²) in [6, 6.07) is 0. The molecule has 0 unspecified atom stereocenters. The molecule has 0 amide bonds. The Balaban J connectivity index is 5.01. The maximum atomic E-state index is 5.94. The first-order valence-corrected chi connectivity index (χ1v) is 10.7. The fourth-order valence-electron chi connectivity index (χ4n) is 1.95. The highest BCUT2D eigenvalue weighted by atomic mass is 17.3. The molecule has 0 aromatic rings. The molecule has 0 spiro atoms. The van der Waals surface area contributed by atoms with E-state index in [0.717, 1.165) is 12.8 Å². The number of hydrogen-bond acceptors (Lipinski definition) is 4. The zero-order valence-corrected chi connectivity index (χ0v) is 19.2. The van der Waals surface area contributed by atoms with Gasteiger partial charge < -0.3 is 0 Å². The summed E-state index contributed by atoms with van der Waals surface area (Å²) >= 11 is 0. The van der Waals surface area contributed by atoms with E-state index in [2.05, 4.69) is 41.5 Å². The zero-order chi connectivity index (χ0) is 20.4. The van der Waals surface area contributed by atoms with Gasteiger partial charge in [0.05, 0.1) is 0 Å². The van der Waals surface area contributed by atoms with Crippen LogP contribution in [0.4, 0.5) is 0 Å². The summed E-state index contributed by atoms with van der Waals surface area (Å²) in [5.41, 5.74) is -0.779. The van der Waals surface area contributed by atoms with Crippen LogP contribution in [-0.2, 0) is 19.6 Å². The molecule has 0 aliphatic heterocycles. The van der Waals surface area contributed by atoms with Crippen molar-refractivity contribution in [3.8, 4) is 0 Å². The van der Waals surface area contributed by atoms with Gasteiger partial charge in [0.25, 0.3) is 0 Å². The van der Waals surface area contributed by atoms with Gasteiger partial charge in [-0.15, -0.1) is 0 Å². The predicted octanol–water partition coefficient (Wildman–Crippen LogP) is 7.22. The second-order valence-electron chi connectivity index (χ2n) is 9.28. The average Bonchev–Trinajstić information content (AvgIpc) is 2.56. The lowest BCUT2D eigenvalue weighted by Crippen LogP contribution is -2.44. The van der Waals surface area contributed by atoms with Gasteiger partial charge in [-0.2, -0.15) is 9.78 Å². The molecule has 26 heavy (non-hydrogen) atoms. The number of unbranched alkanes of at least 4 members (excludes halogenated alkanes) is 4. The first-order valence-electron chi connectivity index (χ1n) is 10.7. The van der Waals surface area contributed by atoms with Crippen LogP contribution in [0.5, 0.6) is 0 Å². The van der Waals surface area contributed by atoms with Crippen molar-refractivity contribution in [3.05, 3.63) is 0 Å². The normalized spacial score (nSPS) is 13.8. The minimum Gasteiger partial charge on any atom is -0.227 e. The van der Waals surface area contributed by atoms with Crippen LogP contribution in [0.2, 0.25) is 0 Å². The molecule has 0 bridgehead atoms. The summed E-state index contributed by atoms with van der Waals surface area (Å²) in [5.74, 6) is -0.214. The van der Waals surface area contributed by atoms with E-state index in [-0.39, 0.29) is 11.2 Å². The SMILES string of the molecule is CCCCCCCC(CC)(OOC(C)(C)C(C)C)OOC(C)(C)C(C)C. The van der Waals surface area contributed by atoms with Crippen LogP contribution in [0.1, 0.15) is 114 Å². The van der Waals surface area contributed by atoms with E-state index in [1.54, 1.807) is 0 Å². The minimum atomic E-state index is -0.871. The van der Waals surface area contributed by atoms with Crippen LogP contribution < -0.4 is 0 Å². The molecule has 0 atom stereocenters. The van der Waals surface area contributed by atoms with Gasteiger partial charge in [0.15, 0.2) is 0 Å². The number of hydrogen-bond donors (Lipinski definition) is 0. The quantitative estimate of drug-likeness (QED) is 0.131. The summed E-state index contributed by atoms with van der Waals surface area (Å²) in [6.07, 6.45) is 7.39. The van der Waals surface area contributed by atoms with Crippen molar-refractivity contribution in [1.82, 2.24) is 0 Å². The highest BCUT2D eigenvalue weighted by Crippen LogP contribution is 2.33. The topological polar surface area (TPSA) is 36.9 Å². The maximum absolute atomic E-state index is 5.94. The molecule has 158 valence electrons. The monoisotopic (exact) mass is 374 g/mol. The van der Waals surface area contributed by atoms with Gasteiger partial charge in [0.1, 0.15) is 11.2 Å². The Labute approximate surface area is 163 Å². The Hall–Kier alpha value is -0.160. The average molecular weight is 375 g/mol. The van der Waals surface area contributed by atoms with Gasteiger partial charge in [0, 0.05) is 12.8 Å². The van der Waals surface area contributed by atoms with Crippen molar-refractivity contribution in [2.45, 2.75) is 131 Å². The molecule has 4 nitrogen and oxygen atoms in total. The molecule has 4 heteroatoms. The zero-order valence-electron chi connectivity index (χ0n) is 19.2. The van der Waals surface area contributed by atoms with Gasteiger partial charge in [0.2, 0.25) is 5.79 Å². The molecule has 0 N–H and O–H groups in total. The molecule has 0 saturated carbocycles. The lowest BCUT2D eigenvalue weighted by Gasteiger charge is -2.38. The summed E-state index contributed by atoms with van der Waals surface area (Å²) in [5, 5.41) is 0. The Bertz CT molecular complexity index is 337. The van der Waals surface area contributed by atoms with Crippen molar-refractivity contribution >= 4 is 0 Å². The molecule has 0 heterocycles. The van der Waals surface area contributed by atoms with E-state index >= 15 is 0 Å². The summed E-state index contributed by atoms with van der Waals surface area (Å²) in [4.78, 5) is 23.6. The van der Waals surface area contributed by atoms with Gasteiger partial charge in [-0.25, -0.2) is 9.78 Å². The first kappa shape index (κ1) is 25.8. The Morgan fingerprint density at radius 1 is 0.615 bits per heavy atom. The molecular weight excluding hydrogens is 328 g/mol. The third-order valence-electron chi connectivity index (χ3n) is 5.80. The highest BCUT2D eigenvalue weighted by molar-refractivity contribution is 4.74. The van der Waals surface area contributed by atoms with Crippen LogP contribution in [0, 0.1) is 11.8 Å². The molecule has 0 fully saturated rings. The standard InChI is InChI=1S/C22H46O4/c1-11-13-14-15-16-17-22(12-2,25-23-20(7,8)18(3)4)26-24-21(9,10)19(5)6/h18-19H,11-17H2,1-10H3. The fourth-order valence-corrected chi connectivity index (χ4v) is 1.95. The van der Waals surface area contributed by atoms with Gasteiger partial charge in [-0.1, -0.05) is 67.2 Å². The van der Waals surface area contributed by atoms with Crippen LogP contribution in [0.25, 0.3) is 0 Å². The van der Waals surface area contributed by atoms with Gasteiger partial charge in [-0.05, 0) is 46.0 Å². The van der Waals surface area contributed by atoms with E-state index in [1.165, 1.54) is 25.7 Å². The first-order chi connectivity index (χ1) is 11.9. The third kappa shape index (κ3) is 9.16. The van der Waals surface area contributed by atoms with Crippen LogP contribution >= 0.6 is 0 Å². The predicted molar refractivity (Wildman–Crippen MR) is 109 cm³/mol. The maximum Gasteiger partial charge on any atom is 0.233 e. The molecule has 0 rings (SSSR count). The van der Waals surface area contributed by atoms with Crippen LogP contribution in [-0.4, -0.2) is 17.0 Å². The third-order valence-corrected chi connectivity index (χ3v) is 5.80. The Morgan fingerprint density at radius 2 is 1.04 bits per heavy atom. The van der Waals surface area contributed by atoms with E-state index in [1.807, 2.05) is 27.7 Å². The minimum absolute atomic E-state index is 0.328. The van der Waals surface area contributed by atoms with Crippen LogP contribution in [0.3, 0.4) is 0 Å². The summed E-state index contributed by atoms with van der Waals surface area (Å²) in [7, 11) is 0. The van der Waals surface area contributed by atoms with Crippen molar-refractivity contribution in [2.75, 3.05) is 0 Å². The van der Waals surface area contributed by atoms with Crippen molar-refractivity contribution in [2.24, 2.45) is 11.8 Å². The van der Waals surface area contributed by atoms with Crippen molar-refractivity contribution < 1.29 is 19.6 Å².